The van der Waals surface area contributed by atoms with Crippen molar-refractivity contribution in [2.75, 3.05) is 39.3 Å². The van der Waals surface area contributed by atoms with Gasteiger partial charge in [0.15, 0.2) is 5.78 Å². The van der Waals surface area contributed by atoms with E-state index in [0.717, 1.165) is 24.8 Å². The van der Waals surface area contributed by atoms with Gasteiger partial charge in [0.25, 0.3) is 0 Å². The van der Waals surface area contributed by atoms with Gasteiger partial charge in [0.1, 0.15) is 11.9 Å². The van der Waals surface area contributed by atoms with Gasteiger partial charge < -0.3 is 10.0 Å². The number of piperazine rings is 1. The Hall–Kier alpha value is -2.23. The fourth-order valence-electron chi connectivity index (χ4n) is 5.13. The molecule has 0 aromatic heterocycles. The molecule has 1 N–H and O–H groups in total. The summed E-state index contributed by atoms with van der Waals surface area (Å²) in [4.78, 5) is 42.9. The van der Waals surface area contributed by atoms with Gasteiger partial charge in [0.2, 0.25) is 5.91 Å². The zero-order chi connectivity index (χ0) is 25.1. The molecule has 1 aliphatic carbocycles. The molecule has 9 heteroatoms. The number of hydrogen-bond acceptors (Lipinski definition) is 6. The largest absolute Gasteiger partial charge is 0.480 e. The van der Waals surface area contributed by atoms with Crippen LogP contribution in [-0.2, 0) is 14.4 Å². The Labute approximate surface area is 211 Å². The maximum atomic E-state index is 14.7. The molecule has 1 aromatic rings. The van der Waals surface area contributed by atoms with E-state index in [1.54, 1.807) is 28.0 Å². The van der Waals surface area contributed by atoms with E-state index in [-0.39, 0.29) is 35.2 Å². The maximum absolute atomic E-state index is 14.7. The molecule has 4 rings (SSSR count). The van der Waals surface area contributed by atoms with Gasteiger partial charge in [-0.25, -0.2) is 4.39 Å². The number of likely N-dealkylation sites (tertiary alicyclic amines) is 1. The number of carboxylic acid groups (broad SMARTS) is 1. The molecule has 3 unspecified atom stereocenters. The van der Waals surface area contributed by atoms with Crippen molar-refractivity contribution < 1.29 is 23.9 Å². The number of hydrogen-bond donors (Lipinski definition) is 2. The Morgan fingerprint density at radius 1 is 1.14 bits per heavy atom. The molecule has 2 saturated heterocycles. The summed E-state index contributed by atoms with van der Waals surface area (Å²) in [6.45, 7) is 4.44. The number of Topliss-reactive ketones (excluding diaryl/α,β-unsaturated/α-hetero) is 1. The lowest BCUT2D eigenvalue weighted by Crippen LogP contribution is -2.55. The lowest BCUT2D eigenvalue weighted by atomic mass is 9.93. The fraction of sp³-hybridized carbons (Fsp3) is 0.577. The normalized spacial score (nSPS) is 25.0. The zero-order valence-corrected chi connectivity index (χ0v) is 21.0. The van der Waals surface area contributed by atoms with Crippen molar-refractivity contribution >= 4 is 30.3 Å². The molecule has 35 heavy (non-hydrogen) atoms. The van der Waals surface area contributed by atoms with Crippen molar-refractivity contribution in [1.29, 1.82) is 0 Å². The van der Waals surface area contributed by atoms with Crippen molar-refractivity contribution in [3.63, 3.8) is 0 Å². The second-order valence-electron chi connectivity index (χ2n) is 9.73. The van der Waals surface area contributed by atoms with Crippen LogP contribution in [0.25, 0.3) is 0 Å². The summed E-state index contributed by atoms with van der Waals surface area (Å²) < 4.78 is 14.7. The molecule has 2 aliphatic heterocycles. The minimum absolute atomic E-state index is 0.00688. The Balaban J connectivity index is 1.45. The van der Waals surface area contributed by atoms with Crippen LogP contribution in [0.15, 0.2) is 35.9 Å². The third-order valence-electron chi connectivity index (χ3n) is 7.35. The third kappa shape index (κ3) is 5.95. The van der Waals surface area contributed by atoms with E-state index in [1.165, 1.54) is 6.07 Å². The van der Waals surface area contributed by atoms with Crippen LogP contribution in [0.1, 0.15) is 44.2 Å². The molecule has 7 nitrogen and oxygen atoms in total. The number of piperidine rings is 1. The van der Waals surface area contributed by atoms with E-state index in [0.29, 0.717) is 44.7 Å². The van der Waals surface area contributed by atoms with Gasteiger partial charge in [0, 0.05) is 49.5 Å². The minimum Gasteiger partial charge on any atom is -0.480 e. The quantitative estimate of drug-likeness (QED) is 0.399. The number of halogens is 1. The van der Waals surface area contributed by atoms with E-state index < -0.39 is 18.1 Å². The number of ketones is 1. The topological polar surface area (TPSA) is 81.2 Å². The van der Waals surface area contributed by atoms with Crippen molar-refractivity contribution in [3.8, 4) is 0 Å². The van der Waals surface area contributed by atoms with Crippen molar-refractivity contribution in [1.82, 2.24) is 14.7 Å². The van der Waals surface area contributed by atoms with Crippen LogP contribution in [0.3, 0.4) is 0 Å². The molecular weight excluding hydrogens is 469 g/mol. The lowest BCUT2D eigenvalue weighted by Gasteiger charge is -2.39. The Kier molecular flexibility index (Phi) is 8.29. The van der Waals surface area contributed by atoms with Gasteiger partial charge in [0.05, 0.1) is 12.6 Å². The molecule has 0 radical (unpaired) electrons. The van der Waals surface area contributed by atoms with Crippen molar-refractivity contribution in [3.05, 3.63) is 47.3 Å². The van der Waals surface area contributed by atoms with Gasteiger partial charge in [-0.05, 0) is 37.3 Å². The number of carboxylic acids is 1. The van der Waals surface area contributed by atoms with E-state index in [9.17, 15) is 23.9 Å². The standard InChI is InChI=1S/C26H34FN3O4S/c1-2-21(26(33)34)29-14-13-28(23(31)16-29)11-9-18-15-30(12-10-22(18)35)24(25(32)17-7-8-17)19-5-3-4-6-20(19)27/h3-6,9,17,21-22,24,35H,2,7-8,10-16H2,1H3,(H,33,34)/b18-9+. The van der Waals surface area contributed by atoms with Gasteiger partial charge in [-0.3, -0.25) is 24.2 Å². The summed E-state index contributed by atoms with van der Waals surface area (Å²) in [6, 6.07) is 5.26. The van der Waals surface area contributed by atoms with E-state index >= 15 is 0 Å². The molecule has 3 atom stereocenters. The summed E-state index contributed by atoms with van der Waals surface area (Å²) in [5.41, 5.74) is 1.45. The number of rotatable bonds is 9. The Morgan fingerprint density at radius 3 is 2.51 bits per heavy atom. The highest BCUT2D eigenvalue weighted by Crippen LogP contribution is 2.39. The molecule has 3 aliphatic rings. The predicted molar refractivity (Wildman–Crippen MR) is 134 cm³/mol. The highest BCUT2D eigenvalue weighted by atomic mass is 32.1. The SMILES string of the molecule is CCC(C(=O)O)N1CCN(C/C=C2\CN(C(C(=O)C3CC3)c3ccccc3F)CCC2S)C(=O)C1. The molecule has 1 amide bonds. The molecule has 1 aromatic carbocycles. The summed E-state index contributed by atoms with van der Waals surface area (Å²) in [5, 5.41) is 9.40. The summed E-state index contributed by atoms with van der Waals surface area (Å²) in [5.74, 6) is -1.26. The maximum Gasteiger partial charge on any atom is 0.320 e. The average Bonchev–Trinajstić information content (AvgIpc) is 3.67. The number of carbonyl (C=O) groups excluding carboxylic acids is 2. The molecule has 0 spiro atoms. The third-order valence-corrected chi connectivity index (χ3v) is 7.94. The first-order chi connectivity index (χ1) is 16.8. The van der Waals surface area contributed by atoms with Gasteiger partial charge in [-0.1, -0.05) is 31.2 Å². The monoisotopic (exact) mass is 503 g/mol. The van der Waals surface area contributed by atoms with Crippen LogP contribution in [0.5, 0.6) is 0 Å². The smallest absolute Gasteiger partial charge is 0.320 e. The van der Waals surface area contributed by atoms with Crippen LogP contribution < -0.4 is 0 Å². The van der Waals surface area contributed by atoms with E-state index in [4.69, 9.17) is 12.6 Å². The van der Waals surface area contributed by atoms with Gasteiger partial charge >= 0.3 is 5.97 Å². The van der Waals surface area contributed by atoms with Crippen LogP contribution >= 0.6 is 12.6 Å². The number of aliphatic carboxylic acids is 1. The summed E-state index contributed by atoms with van der Waals surface area (Å²) >= 11 is 4.74. The number of thiol groups is 1. The van der Waals surface area contributed by atoms with Crippen LogP contribution in [0, 0.1) is 11.7 Å². The van der Waals surface area contributed by atoms with Crippen LogP contribution in [0.4, 0.5) is 4.39 Å². The van der Waals surface area contributed by atoms with Gasteiger partial charge in [-0.15, -0.1) is 0 Å². The summed E-state index contributed by atoms with van der Waals surface area (Å²) in [7, 11) is 0. The fourth-order valence-corrected chi connectivity index (χ4v) is 5.44. The molecule has 0 bridgehead atoms. The van der Waals surface area contributed by atoms with E-state index in [1.807, 2.05) is 13.0 Å². The second kappa shape index (κ2) is 11.2. The summed E-state index contributed by atoms with van der Waals surface area (Å²) in [6.07, 6.45) is 4.92. The minimum atomic E-state index is -0.902. The second-order valence-corrected chi connectivity index (χ2v) is 10.4. The van der Waals surface area contributed by atoms with Crippen LogP contribution in [-0.4, -0.2) is 88.0 Å². The Morgan fingerprint density at radius 2 is 1.89 bits per heavy atom. The predicted octanol–water partition coefficient (Wildman–Crippen LogP) is 2.78. The number of benzene rings is 1. The highest BCUT2D eigenvalue weighted by Gasteiger charge is 2.41. The molecule has 2 heterocycles. The van der Waals surface area contributed by atoms with Crippen molar-refractivity contribution in [2.24, 2.45) is 5.92 Å². The molecule has 1 saturated carbocycles. The number of amides is 1. The molecule has 3 fully saturated rings. The first-order valence-electron chi connectivity index (χ1n) is 12.4. The van der Waals surface area contributed by atoms with Gasteiger partial charge in [-0.2, -0.15) is 12.6 Å². The Bertz CT molecular complexity index is 999. The molecular formula is C26H34FN3O4S. The van der Waals surface area contributed by atoms with Crippen molar-refractivity contribution in [2.45, 2.75) is 49.9 Å². The lowest BCUT2D eigenvalue weighted by molar-refractivity contribution is -0.147. The number of nitrogens with zero attached hydrogens (tertiary/aromatic N) is 3. The number of carbonyl (C=O) groups is 3. The zero-order valence-electron chi connectivity index (χ0n) is 20.1. The average molecular weight is 504 g/mol. The molecule has 190 valence electrons. The first kappa shape index (κ1) is 25.9. The van der Waals surface area contributed by atoms with Crippen LogP contribution in [0.2, 0.25) is 0 Å². The highest BCUT2D eigenvalue weighted by molar-refractivity contribution is 7.81. The van der Waals surface area contributed by atoms with E-state index in [2.05, 4.69) is 4.90 Å². The first-order valence-corrected chi connectivity index (χ1v) is 13.0.